The number of benzene rings is 2. The lowest BCUT2D eigenvalue weighted by molar-refractivity contribution is 0.542. The van der Waals surface area contributed by atoms with Gasteiger partial charge in [-0.3, -0.25) is 4.21 Å². The largest absolute Gasteiger partial charge is 0.755 e. The summed E-state index contributed by atoms with van der Waals surface area (Å²) in [7, 11) is 0. The minimum Gasteiger partial charge on any atom is -0.755 e. The Morgan fingerprint density at radius 1 is 1.17 bits per heavy atom. The Hall–Kier alpha value is -3.15. The van der Waals surface area contributed by atoms with Gasteiger partial charge in [0, 0.05) is 28.2 Å². The molecule has 3 aromatic rings. The second-order valence-electron chi connectivity index (χ2n) is 4.76. The van der Waals surface area contributed by atoms with Crippen molar-refractivity contribution in [3.63, 3.8) is 0 Å². The van der Waals surface area contributed by atoms with E-state index in [-0.39, 0.29) is 6.01 Å². The van der Waals surface area contributed by atoms with Crippen LogP contribution in [0.15, 0.2) is 59.1 Å². The number of oxazole rings is 1. The molecule has 24 heavy (non-hydrogen) atoms. The number of rotatable bonds is 5. The Kier molecular flexibility index (Phi) is 4.56. The molecule has 0 saturated heterocycles. The quantitative estimate of drug-likeness (QED) is 0.690. The van der Waals surface area contributed by atoms with Crippen molar-refractivity contribution in [2.24, 2.45) is 0 Å². The molecule has 1 heterocycles. The second-order valence-corrected chi connectivity index (χ2v) is 5.43. The molecule has 120 valence electrons. The number of anilines is 3. The van der Waals surface area contributed by atoms with Gasteiger partial charge in [0.1, 0.15) is 0 Å². The smallest absolute Gasteiger partial charge is 0.299 e. The van der Waals surface area contributed by atoms with Crippen LogP contribution in [-0.4, -0.2) is 13.7 Å². The molecule has 0 aliphatic heterocycles. The lowest BCUT2D eigenvalue weighted by Gasteiger charge is -2.09. The topological polar surface area (TPSA) is 114 Å². The molecule has 0 amide bonds. The van der Waals surface area contributed by atoms with E-state index in [4.69, 9.17) is 9.68 Å². The Bertz CT molecular complexity index is 916. The van der Waals surface area contributed by atoms with Crippen LogP contribution in [0, 0.1) is 11.3 Å². The van der Waals surface area contributed by atoms with E-state index in [1.165, 1.54) is 0 Å². The number of nitrogens with one attached hydrogen (secondary N) is 2. The average molecular weight is 339 g/mol. The van der Waals surface area contributed by atoms with Crippen LogP contribution in [-0.2, 0) is 11.3 Å². The molecule has 2 aromatic carbocycles. The molecule has 1 unspecified atom stereocenters. The monoisotopic (exact) mass is 339 g/mol. The molecule has 7 nitrogen and oxygen atoms in total. The summed E-state index contributed by atoms with van der Waals surface area (Å²) in [6.07, 6.45) is 1.57. The van der Waals surface area contributed by atoms with Crippen LogP contribution >= 0.6 is 0 Å². The van der Waals surface area contributed by atoms with E-state index >= 15 is 0 Å². The summed E-state index contributed by atoms with van der Waals surface area (Å²) >= 11 is -2.38. The van der Waals surface area contributed by atoms with E-state index in [9.17, 15) is 8.76 Å². The van der Waals surface area contributed by atoms with E-state index in [2.05, 4.69) is 21.1 Å². The minimum atomic E-state index is -2.38. The Labute approximate surface area is 140 Å². The van der Waals surface area contributed by atoms with Gasteiger partial charge in [-0.1, -0.05) is 6.07 Å². The van der Waals surface area contributed by atoms with Gasteiger partial charge >= 0.3 is 0 Å². The third kappa shape index (κ3) is 3.78. The average Bonchev–Trinajstić information content (AvgIpc) is 3.03. The van der Waals surface area contributed by atoms with Crippen LogP contribution < -0.4 is 10.0 Å². The zero-order chi connectivity index (χ0) is 16.9. The Morgan fingerprint density at radius 3 is 2.62 bits per heavy atom. The number of hydrogen-bond acceptors (Lipinski definition) is 6. The van der Waals surface area contributed by atoms with Gasteiger partial charge in [0.2, 0.25) is 0 Å². The second kappa shape index (κ2) is 6.95. The van der Waals surface area contributed by atoms with Gasteiger partial charge in [-0.2, -0.15) is 5.26 Å². The normalized spacial score (nSPS) is 11.5. The number of hydrogen-bond donors (Lipinski definition) is 2. The van der Waals surface area contributed by atoms with Crippen LogP contribution in [0.25, 0.3) is 11.3 Å². The van der Waals surface area contributed by atoms with Crippen molar-refractivity contribution in [2.45, 2.75) is 0 Å². The van der Waals surface area contributed by atoms with Gasteiger partial charge in [0.05, 0.1) is 17.8 Å². The van der Waals surface area contributed by atoms with E-state index in [0.29, 0.717) is 22.7 Å². The van der Waals surface area contributed by atoms with Crippen LogP contribution in [0.2, 0.25) is 0 Å². The highest BCUT2D eigenvalue weighted by molar-refractivity contribution is 7.80. The first-order valence-electron chi connectivity index (χ1n) is 6.83. The van der Waals surface area contributed by atoms with E-state index in [0.717, 1.165) is 5.56 Å². The van der Waals surface area contributed by atoms with Crippen molar-refractivity contribution in [1.82, 2.24) is 4.98 Å². The van der Waals surface area contributed by atoms with Gasteiger partial charge in [-0.05, 0) is 42.5 Å². The van der Waals surface area contributed by atoms with Crippen LogP contribution in [0.4, 0.5) is 17.4 Å². The first kappa shape index (κ1) is 15.7. The fourth-order valence-corrected chi connectivity index (χ4v) is 2.37. The molecule has 0 bridgehead atoms. The number of aromatic nitrogens is 1. The van der Waals surface area contributed by atoms with E-state index < -0.39 is 11.3 Å². The maximum atomic E-state index is 10.7. The molecule has 0 radical (unpaired) electrons. The maximum Gasteiger partial charge on any atom is 0.299 e. The highest BCUT2D eigenvalue weighted by atomic mass is 32.2. The highest BCUT2D eigenvalue weighted by Gasteiger charge is 2.07. The molecule has 1 aromatic heterocycles. The van der Waals surface area contributed by atoms with Crippen molar-refractivity contribution in [3.05, 3.63) is 60.3 Å². The molecular weight excluding hydrogens is 328 g/mol. The summed E-state index contributed by atoms with van der Waals surface area (Å²) in [6, 6.07) is 16.0. The van der Waals surface area contributed by atoms with Crippen LogP contribution in [0.3, 0.4) is 0 Å². The van der Waals surface area contributed by atoms with Crippen LogP contribution in [0.1, 0.15) is 5.56 Å². The van der Waals surface area contributed by atoms with E-state index in [1.807, 2.05) is 0 Å². The van der Waals surface area contributed by atoms with Gasteiger partial charge in [-0.15, -0.1) is 0 Å². The predicted molar refractivity (Wildman–Crippen MR) is 88.9 cm³/mol. The summed E-state index contributed by atoms with van der Waals surface area (Å²) in [6.45, 7) is 0. The Morgan fingerprint density at radius 2 is 1.92 bits per heavy atom. The number of nitrogens with zero attached hydrogens (tertiary/aromatic N) is 2. The predicted octanol–water partition coefficient (Wildman–Crippen LogP) is 3.16. The molecule has 3 rings (SSSR count). The summed E-state index contributed by atoms with van der Waals surface area (Å²) < 4.78 is 29.2. The summed E-state index contributed by atoms with van der Waals surface area (Å²) in [4.78, 5) is 4.14. The molecule has 0 fully saturated rings. The first-order valence-corrected chi connectivity index (χ1v) is 7.91. The SMILES string of the molecule is N#Cc1ccc(-c2cnc(Nc3cccc(NS(=O)[O-])c3)o2)cc1. The summed E-state index contributed by atoms with van der Waals surface area (Å²) in [5, 5.41) is 11.8. The first-order chi connectivity index (χ1) is 11.6. The molecule has 2 N–H and O–H groups in total. The van der Waals surface area contributed by atoms with Gasteiger partial charge in [-0.25, -0.2) is 4.98 Å². The van der Waals surface area contributed by atoms with Gasteiger partial charge < -0.3 is 19.0 Å². The molecule has 0 saturated carbocycles. The van der Waals surface area contributed by atoms with Gasteiger partial charge in [0.15, 0.2) is 5.76 Å². The highest BCUT2D eigenvalue weighted by Crippen LogP contribution is 2.25. The standard InChI is InChI=1S/C16H12N4O3S/c17-9-11-4-6-12(7-5-11)15-10-18-16(23-15)19-13-2-1-3-14(8-13)20-24(21)22/h1-8,10,20H,(H,18,19)(H,21,22)/p-1. The Balaban J connectivity index is 1.76. The zero-order valence-corrected chi connectivity index (χ0v) is 13.0. The third-order valence-corrected chi connectivity index (χ3v) is 3.52. The zero-order valence-electron chi connectivity index (χ0n) is 12.2. The molecule has 0 spiro atoms. The maximum absolute atomic E-state index is 10.7. The molecule has 0 aliphatic carbocycles. The lowest BCUT2D eigenvalue weighted by atomic mass is 10.1. The van der Waals surface area contributed by atoms with Crippen molar-refractivity contribution in [3.8, 4) is 17.4 Å². The molecular formula is C16H11N4O3S-. The summed E-state index contributed by atoms with van der Waals surface area (Å²) in [5.74, 6) is 0.553. The molecule has 0 aliphatic rings. The van der Waals surface area contributed by atoms with Crippen molar-refractivity contribution in [2.75, 3.05) is 10.0 Å². The minimum absolute atomic E-state index is 0.273. The lowest BCUT2D eigenvalue weighted by Crippen LogP contribution is -2.02. The van der Waals surface area contributed by atoms with E-state index in [1.54, 1.807) is 54.7 Å². The van der Waals surface area contributed by atoms with Crippen molar-refractivity contribution >= 4 is 28.7 Å². The molecule has 1 atom stereocenters. The molecule has 8 heteroatoms. The van der Waals surface area contributed by atoms with Crippen molar-refractivity contribution < 1.29 is 13.2 Å². The fraction of sp³-hybridized carbons (Fsp3) is 0. The van der Waals surface area contributed by atoms with Gasteiger partial charge in [0.25, 0.3) is 6.01 Å². The fourth-order valence-electron chi connectivity index (χ4n) is 2.05. The number of nitriles is 1. The third-order valence-electron chi connectivity index (χ3n) is 3.12. The summed E-state index contributed by atoms with van der Waals surface area (Å²) in [5.41, 5.74) is 2.41. The van der Waals surface area contributed by atoms with Crippen LogP contribution in [0.5, 0.6) is 0 Å². The van der Waals surface area contributed by atoms with Crippen molar-refractivity contribution in [1.29, 1.82) is 5.26 Å².